The maximum absolute atomic E-state index is 10.2. The lowest BCUT2D eigenvalue weighted by Gasteiger charge is -2.54. The summed E-state index contributed by atoms with van der Waals surface area (Å²) in [6.07, 6.45) is 15.2. The van der Waals surface area contributed by atoms with Crippen molar-refractivity contribution in [2.24, 2.45) is 40.4 Å². The molecule has 0 aromatic carbocycles. The molecule has 0 aromatic heterocycles. The first kappa shape index (κ1) is 21.7. The van der Waals surface area contributed by atoms with Crippen LogP contribution in [0.5, 0.6) is 0 Å². The van der Waals surface area contributed by atoms with E-state index in [-0.39, 0.29) is 6.10 Å². The molecular formula is C28H46O. The third-order valence-electron chi connectivity index (χ3n) is 10.4. The second-order valence-corrected chi connectivity index (χ2v) is 12.2. The average Bonchev–Trinajstić information content (AvgIpc) is 3.03. The first-order valence-corrected chi connectivity index (χ1v) is 12.8. The van der Waals surface area contributed by atoms with Crippen molar-refractivity contribution in [1.82, 2.24) is 0 Å². The molecule has 4 aliphatic rings. The third kappa shape index (κ3) is 3.58. The van der Waals surface area contributed by atoms with Gasteiger partial charge in [0.1, 0.15) is 0 Å². The molecule has 0 heterocycles. The van der Waals surface area contributed by atoms with Crippen LogP contribution in [0, 0.1) is 40.4 Å². The summed E-state index contributed by atoms with van der Waals surface area (Å²) >= 11 is 0. The van der Waals surface area contributed by atoms with Crippen LogP contribution in [-0.2, 0) is 0 Å². The highest BCUT2D eigenvalue weighted by Gasteiger charge is 2.52. The summed E-state index contributed by atoms with van der Waals surface area (Å²) in [5, 5.41) is 10.2. The molecule has 0 bridgehead atoms. The number of allylic oxidation sites excluding steroid dienone is 4. The molecular weight excluding hydrogens is 352 g/mol. The number of aliphatic hydroxyl groups is 1. The zero-order valence-electron chi connectivity index (χ0n) is 20.1. The molecule has 0 amide bonds. The van der Waals surface area contributed by atoms with E-state index in [1.54, 1.807) is 11.1 Å². The number of hydrogen-bond donors (Lipinski definition) is 1. The summed E-state index contributed by atoms with van der Waals surface area (Å²) in [7, 11) is 0. The van der Waals surface area contributed by atoms with Gasteiger partial charge in [-0.1, -0.05) is 66.0 Å². The molecule has 7 atom stereocenters. The Morgan fingerprint density at radius 3 is 2.48 bits per heavy atom. The molecule has 0 saturated heterocycles. The Labute approximate surface area is 180 Å². The highest BCUT2D eigenvalue weighted by atomic mass is 16.3. The Balaban J connectivity index is 1.53. The maximum Gasteiger partial charge on any atom is 0.0543 e. The summed E-state index contributed by atoms with van der Waals surface area (Å²) in [5.74, 6) is 4.03. The predicted octanol–water partition coefficient (Wildman–Crippen LogP) is 7.70. The van der Waals surface area contributed by atoms with E-state index >= 15 is 0 Å². The van der Waals surface area contributed by atoms with Gasteiger partial charge in [0.15, 0.2) is 0 Å². The van der Waals surface area contributed by atoms with E-state index in [2.05, 4.69) is 47.6 Å². The van der Waals surface area contributed by atoms with Crippen LogP contribution in [0.1, 0.15) is 106 Å². The van der Waals surface area contributed by atoms with Crippen LogP contribution in [0.4, 0.5) is 0 Å². The Hall–Kier alpha value is -0.560. The normalized spacial score (nSPS) is 41.5. The number of hydrogen-bond acceptors (Lipinski definition) is 1. The van der Waals surface area contributed by atoms with Crippen molar-refractivity contribution in [3.8, 4) is 0 Å². The first-order chi connectivity index (χ1) is 13.7. The van der Waals surface area contributed by atoms with Crippen molar-refractivity contribution in [1.29, 1.82) is 0 Å². The summed E-state index contributed by atoms with van der Waals surface area (Å²) in [5.41, 5.74) is 6.13. The minimum absolute atomic E-state index is 0.0479. The van der Waals surface area contributed by atoms with Gasteiger partial charge in [0, 0.05) is 0 Å². The molecule has 164 valence electrons. The Morgan fingerprint density at radius 2 is 1.76 bits per heavy atom. The Morgan fingerprint density at radius 1 is 1.00 bits per heavy atom. The Bertz CT molecular complexity index is 684. The highest BCUT2D eigenvalue weighted by molar-refractivity contribution is 5.49. The summed E-state index contributed by atoms with van der Waals surface area (Å²) in [6.45, 7) is 14.9. The lowest BCUT2D eigenvalue weighted by atomic mass is 9.51. The smallest absolute Gasteiger partial charge is 0.0543 e. The van der Waals surface area contributed by atoms with Crippen LogP contribution in [0.25, 0.3) is 0 Å². The van der Waals surface area contributed by atoms with Gasteiger partial charge in [0.25, 0.3) is 0 Å². The molecule has 1 fully saturated rings. The first-order valence-electron chi connectivity index (χ1n) is 12.8. The van der Waals surface area contributed by atoms with Gasteiger partial charge in [-0.3, -0.25) is 0 Å². The van der Waals surface area contributed by atoms with Crippen molar-refractivity contribution in [3.05, 3.63) is 22.8 Å². The quantitative estimate of drug-likeness (QED) is 0.503. The van der Waals surface area contributed by atoms with E-state index in [0.717, 1.165) is 36.5 Å². The molecule has 1 heteroatoms. The van der Waals surface area contributed by atoms with Crippen LogP contribution in [0.3, 0.4) is 0 Å². The van der Waals surface area contributed by atoms with E-state index in [1.807, 2.05) is 5.57 Å². The lowest BCUT2D eigenvalue weighted by molar-refractivity contribution is 0.0225. The van der Waals surface area contributed by atoms with Crippen molar-refractivity contribution >= 4 is 0 Å². The predicted molar refractivity (Wildman–Crippen MR) is 124 cm³/mol. The van der Waals surface area contributed by atoms with E-state index in [4.69, 9.17) is 0 Å². The number of rotatable bonds is 5. The molecule has 1 saturated carbocycles. The zero-order chi connectivity index (χ0) is 21.0. The molecule has 4 rings (SSSR count). The molecule has 0 radical (unpaired) electrons. The number of aliphatic hydroxyl groups excluding tert-OH is 1. The maximum atomic E-state index is 10.2. The molecule has 4 aliphatic carbocycles. The number of fused-ring (bicyclic) bond motifs is 4. The molecule has 7 unspecified atom stereocenters. The second kappa shape index (κ2) is 7.85. The van der Waals surface area contributed by atoms with Crippen molar-refractivity contribution in [3.63, 3.8) is 0 Å². The molecule has 0 aromatic rings. The fourth-order valence-corrected chi connectivity index (χ4v) is 7.79. The van der Waals surface area contributed by atoms with Crippen LogP contribution in [0.2, 0.25) is 0 Å². The standard InChI is InChI=1S/C28H46O/c1-18(2)19(3)7-8-20(4)24-11-12-25-23-10-9-21-17-22(29)13-15-27(21,5)26(23)14-16-28(24,25)6/h12,18-22,24,29H,7-11,13-17H2,1-6H3. The van der Waals surface area contributed by atoms with Gasteiger partial charge in [0.2, 0.25) is 0 Å². The van der Waals surface area contributed by atoms with Crippen LogP contribution >= 0.6 is 0 Å². The van der Waals surface area contributed by atoms with Gasteiger partial charge in [-0.15, -0.1) is 0 Å². The van der Waals surface area contributed by atoms with Gasteiger partial charge in [0.05, 0.1) is 6.10 Å². The highest BCUT2D eigenvalue weighted by Crippen LogP contribution is 2.64. The molecule has 1 nitrogen and oxygen atoms in total. The van der Waals surface area contributed by atoms with Crippen LogP contribution in [0.15, 0.2) is 22.8 Å². The molecule has 1 N–H and O–H groups in total. The molecule has 0 aliphatic heterocycles. The SMILES string of the molecule is CC(C)C(C)CCC(C)C1CC=C2C3=C(CCC21C)C1(C)CCC(O)CC1CC3. The van der Waals surface area contributed by atoms with Gasteiger partial charge in [-0.25, -0.2) is 0 Å². The third-order valence-corrected chi connectivity index (χ3v) is 10.4. The fraction of sp³-hybridized carbons (Fsp3) is 0.857. The largest absolute Gasteiger partial charge is 0.393 e. The van der Waals surface area contributed by atoms with Gasteiger partial charge >= 0.3 is 0 Å². The van der Waals surface area contributed by atoms with Crippen LogP contribution in [-0.4, -0.2) is 11.2 Å². The fourth-order valence-electron chi connectivity index (χ4n) is 7.79. The van der Waals surface area contributed by atoms with Gasteiger partial charge in [-0.05, 0) is 103 Å². The topological polar surface area (TPSA) is 20.2 Å². The minimum atomic E-state index is -0.0479. The van der Waals surface area contributed by atoms with E-state index in [9.17, 15) is 5.11 Å². The van der Waals surface area contributed by atoms with Gasteiger partial charge in [-0.2, -0.15) is 0 Å². The summed E-state index contributed by atoms with van der Waals surface area (Å²) < 4.78 is 0. The Kier molecular flexibility index (Phi) is 5.86. The van der Waals surface area contributed by atoms with Crippen molar-refractivity contribution in [2.75, 3.05) is 0 Å². The van der Waals surface area contributed by atoms with E-state index in [0.29, 0.717) is 16.7 Å². The van der Waals surface area contributed by atoms with Gasteiger partial charge < -0.3 is 5.11 Å². The average molecular weight is 399 g/mol. The van der Waals surface area contributed by atoms with Crippen molar-refractivity contribution in [2.45, 2.75) is 112 Å². The van der Waals surface area contributed by atoms with Crippen molar-refractivity contribution < 1.29 is 5.11 Å². The lowest BCUT2D eigenvalue weighted by Crippen LogP contribution is -2.44. The van der Waals surface area contributed by atoms with E-state index < -0.39 is 0 Å². The minimum Gasteiger partial charge on any atom is -0.393 e. The molecule has 0 spiro atoms. The van der Waals surface area contributed by atoms with E-state index in [1.165, 1.54) is 51.4 Å². The van der Waals surface area contributed by atoms with Crippen LogP contribution < -0.4 is 0 Å². The molecule has 29 heavy (non-hydrogen) atoms. The second-order valence-electron chi connectivity index (χ2n) is 12.2. The zero-order valence-corrected chi connectivity index (χ0v) is 20.1. The monoisotopic (exact) mass is 398 g/mol. The summed E-state index contributed by atoms with van der Waals surface area (Å²) in [6, 6.07) is 0. The summed E-state index contributed by atoms with van der Waals surface area (Å²) in [4.78, 5) is 0.